The molecule has 2 aromatic heterocycles. The number of rotatable bonds is 9. The fraction of sp³-hybridized carbons (Fsp3) is 0.440. The molecule has 0 saturated carbocycles. The number of ether oxygens (including phenoxy) is 1. The summed E-state index contributed by atoms with van der Waals surface area (Å²) in [5.74, 6) is 1.04. The van der Waals surface area contributed by atoms with Crippen molar-refractivity contribution in [1.82, 2.24) is 30.2 Å². The third-order valence-corrected chi connectivity index (χ3v) is 6.51. The Hall–Kier alpha value is -3.01. The predicted molar refractivity (Wildman–Crippen MR) is 136 cm³/mol. The number of halogens is 1. The number of hydrogen-bond donors (Lipinski definition) is 3. The number of anilines is 1. The number of nitrogens with one attached hydrogen (secondary N) is 3. The number of carbonyl (C=O) groups excluding carboxylic acids is 1. The molecular weight excluding hydrogens is 466 g/mol. The van der Waals surface area contributed by atoms with Gasteiger partial charge in [0.2, 0.25) is 5.95 Å². The van der Waals surface area contributed by atoms with E-state index in [0.29, 0.717) is 29.0 Å². The minimum Gasteiger partial charge on any atom is -0.381 e. The predicted octanol–water partition coefficient (Wildman–Crippen LogP) is 3.34. The van der Waals surface area contributed by atoms with Crippen LogP contribution in [0.5, 0.6) is 0 Å². The third-order valence-electron chi connectivity index (χ3n) is 6.28. The second-order valence-corrected chi connectivity index (χ2v) is 9.32. The molecule has 4 rings (SSSR count). The Morgan fingerprint density at radius 3 is 2.83 bits per heavy atom. The first-order valence-electron chi connectivity index (χ1n) is 11.9. The molecule has 1 fully saturated rings. The Morgan fingerprint density at radius 2 is 2.09 bits per heavy atom. The van der Waals surface area contributed by atoms with Crippen LogP contribution >= 0.6 is 11.6 Å². The zero-order valence-electron chi connectivity index (χ0n) is 20.3. The molecule has 1 aromatic carbocycles. The summed E-state index contributed by atoms with van der Waals surface area (Å²) in [4.78, 5) is 26.5. The average Bonchev–Trinajstić information content (AvgIpc) is 3.35. The molecule has 186 valence electrons. The summed E-state index contributed by atoms with van der Waals surface area (Å²) < 4.78 is 7.18. The number of carbonyl (C=O) groups is 1. The summed E-state index contributed by atoms with van der Waals surface area (Å²) >= 11 is 6.18. The summed E-state index contributed by atoms with van der Waals surface area (Å²) in [6, 6.07) is 7.85. The minimum atomic E-state index is -0.245. The molecule has 0 radical (unpaired) electrons. The normalized spacial score (nSPS) is 16.0. The molecule has 9 nitrogen and oxygen atoms in total. The lowest BCUT2D eigenvalue weighted by molar-refractivity contribution is 0.0902. The number of aryl methyl sites for hydroxylation is 1. The largest absolute Gasteiger partial charge is 0.381 e. The third kappa shape index (κ3) is 6.36. The number of likely N-dealkylation sites (N-methyl/N-ethyl adjacent to an activating group) is 1. The van der Waals surface area contributed by atoms with Crippen LogP contribution < -0.4 is 16.0 Å². The lowest BCUT2D eigenvalue weighted by Crippen LogP contribution is -2.44. The molecular formula is C25H32ClN7O2. The van der Waals surface area contributed by atoms with Crippen LogP contribution in [-0.4, -0.2) is 64.3 Å². The maximum atomic E-state index is 13.1. The van der Waals surface area contributed by atoms with E-state index in [1.165, 1.54) is 0 Å². The number of amides is 1. The van der Waals surface area contributed by atoms with Crippen LogP contribution in [0.2, 0.25) is 5.02 Å². The maximum absolute atomic E-state index is 13.1. The van der Waals surface area contributed by atoms with E-state index in [0.717, 1.165) is 37.2 Å². The van der Waals surface area contributed by atoms with Crippen LogP contribution in [0.1, 0.15) is 47.3 Å². The van der Waals surface area contributed by atoms with E-state index in [1.54, 1.807) is 23.3 Å². The quantitative estimate of drug-likeness (QED) is 0.416. The van der Waals surface area contributed by atoms with Gasteiger partial charge in [-0.3, -0.25) is 9.36 Å². The van der Waals surface area contributed by atoms with E-state index in [1.807, 2.05) is 38.2 Å². The van der Waals surface area contributed by atoms with Crippen molar-refractivity contribution >= 4 is 23.5 Å². The second-order valence-electron chi connectivity index (χ2n) is 8.88. The topological polar surface area (TPSA) is 106 Å². The molecule has 35 heavy (non-hydrogen) atoms. The summed E-state index contributed by atoms with van der Waals surface area (Å²) in [6.45, 7) is 6.08. The molecule has 3 N–H and O–H groups in total. The Kier molecular flexibility index (Phi) is 8.33. The Morgan fingerprint density at radius 1 is 1.29 bits per heavy atom. The van der Waals surface area contributed by atoms with E-state index in [2.05, 4.69) is 37.8 Å². The van der Waals surface area contributed by atoms with Gasteiger partial charge in [-0.15, -0.1) is 0 Å². The number of aromatic nitrogens is 4. The van der Waals surface area contributed by atoms with Gasteiger partial charge in [-0.25, -0.2) is 9.97 Å². The molecule has 3 heterocycles. The Labute approximate surface area is 210 Å². The first-order valence-corrected chi connectivity index (χ1v) is 12.3. The first kappa shape index (κ1) is 25.1. The number of hydrogen-bond acceptors (Lipinski definition) is 7. The molecule has 0 aliphatic carbocycles. The Bertz CT molecular complexity index is 1150. The molecule has 10 heteroatoms. The van der Waals surface area contributed by atoms with E-state index in [9.17, 15) is 4.79 Å². The van der Waals surface area contributed by atoms with Gasteiger partial charge < -0.3 is 20.7 Å². The molecule has 0 bridgehead atoms. The van der Waals surface area contributed by atoms with Gasteiger partial charge in [0.1, 0.15) is 17.8 Å². The van der Waals surface area contributed by atoms with Gasteiger partial charge in [-0.2, -0.15) is 4.98 Å². The van der Waals surface area contributed by atoms with Crippen molar-refractivity contribution in [2.24, 2.45) is 0 Å². The van der Waals surface area contributed by atoms with Gasteiger partial charge >= 0.3 is 0 Å². The molecule has 1 aliphatic heterocycles. The zero-order chi connectivity index (χ0) is 24.8. The van der Waals surface area contributed by atoms with E-state index in [4.69, 9.17) is 16.3 Å². The number of benzene rings is 1. The van der Waals surface area contributed by atoms with Crippen molar-refractivity contribution in [1.29, 1.82) is 0 Å². The fourth-order valence-electron chi connectivity index (χ4n) is 4.18. The van der Waals surface area contributed by atoms with Crippen molar-refractivity contribution in [2.45, 2.75) is 44.7 Å². The lowest BCUT2D eigenvalue weighted by Gasteiger charge is -2.25. The molecule has 1 saturated heterocycles. The summed E-state index contributed by atoms with van der Waals surface area (Å²) in [5, 5.41) is 10.3. The highest BCUT2D eigenvalue weighted by atomic mass is 35.5. The SMILES string of the molecule is CNC[C@@H](NC(=O)c1cn(-c2nc(NC3CCOCC3)ncc2C)cn1)C(C)c1cccc(Cl)c1. The molecule has 3 aromatic rings. The van der Waals surface area contributed by atoms with Gasteiger partial charge in [0.15, 0.2) is 0 Å². The number of imidazole rings is 1. The molecule has 1 aliphatic rings. The van der Waals surface area contributed by atoms with Crippen LogP contribution in [0, 0.1) is 6.92 Å². The van der Waals surface area contributed by atoms with E-state index >= 15 is 0 Å². The van der Waals surface area contributed by atoms with Gasteiger partial charge in [0, 0.05) is 60.7 Å². The monoisotopic (exact) mass is 497 g/mol. The van der Waals surface area contributed by atoms with Crippen LogP contribution in [0.15, 0.2) is 43.0 Å². The highest BCUT2D eigenvalue weighted by molar-refractivity contribution is 6.30. The van der Waals surface area contributed by atoms with E-state index < -0.39 is 0 Å². The number of nitrogens with zero attached hydrogens (tertiary/aromatic N) is 4. The van der Waals surface area contributed by atoms with Crippen molar-refractivity contribution in [3.8, 4) is 5.82 Å². The smallest absolute Gasteiger partial charge is 0.271 e. The highest BCUT2D eigenvalue weighted by Gasteiger charge is 2.23. The van der Waals surface area contributed by atoms with Crippen LogP contribution in [0.4, 0.5) is 5.95 Å². The van der Waals surface area contributed by atoms with Crippen LogP contribution in [0.25, 0.3) is 5.82 Å². The van der Waals surface area contributed by atoms with Crippen molar-refractivity contribution in [2.75, 3.05) is 32.1 Å². The van der Waals surface area contributed by atoms with Crippen LogP contribution in [0.3, 0.4) is 0 Å². The molecule has 0 spiro atoms. The zero-order valence-corrected chi connectivity index (χ0v) is 21.0. The molecule has 2 atom stereocenters. The van der Waals surface area contributed by atoms with Gasteiger partial charge in [0.05, 0.1) is 0 Å². The highest BCUT2D eigenvalue weighted by Crippen LogP contribution is 2.23. The summed E-state index contributed by atoms with van der Waals surface area (Å²) in [5.41, 5.74) is 2.26. The Balaban J connectivity index is 1.48. The van der Waals surface area contributed by atoms with Gasteiger partial charge in [-0.05, 0) is 44.5 Å². The minimum absolute atomic E-state index is 0.0510. The first-order chi connectivity index (χ1) is 16.9. The summed E-state index contributed by atoms with van der Waals surface area (Å²) in [6.07, 6.45) is 6.92. The van der Waals surface area contributed by atoms with E-state index in [-0.39, 0.29) is 23.9 Å². The van der Waals surface area contributed by atoms with Gasteiger partial charge in [-0.1, -0.05) is 30.7 Å². The lowest BCUT2D eigenvalue weighted by atomic mass is 9.93. The fourth-order valence-corrected chi connectivity index (χ4v) is 4.38. The van der Waals surface area contributed by atoms with Crippen molar-refractivity contribution < 1.29 is 9.53 Å². The second kappa shape index (κ2) is 11.6. The summed E-state index contributed by atoms with van der Waals surface area (Å²) in [7, 11) is 1.86. The standard InChI is InChI=1S/C25H32ClN7O2/c1-16-12-28-25(30-20-7-9-35-10-8-20)32-23(16)33-14-22(29-15-33)24(34)31-21(13-27-3)17(2)18-5-4-6-19(26)11-18/h4-6,11-12,14-15,17,20-21,27H,7-10,13H2,1-3H3,(H,31,34)(H,28,30,32)/t17?,21-/m1/s1. The molecule has 1 amide bonds. The average molecular weight is 498 g/mol. The maximum Gasteiger partial charge on any atom is 0.271 e. The van der Waals surface area contributed by atoms with Gasteiger partial charge in [0.25, 0.3) is 5.91 Å². The molecule has 1 unspecified atom stereocenters. The van der Waals surface area contributed by atoms with Crippen molar-refractivity contribution in [3.05, 3.63) is 64.8 Å². The van der Waals surface area contributed by atoms with Crippen molar-refractivity contribution in [3.63, 3.8) is 0 Å². The van der Waals surface area contributed by atoms with Crippen LogP contribution in [-0.2, 0) is 4.74 Å².